The predicted octanol–water partition coefficient (Wildman–Crippen LogP) is 4.90. The molecule has 2 heterocycles. The summed E-state index contributed by atoms with van der Waals surface area (Å²) in [6, 6.07) is 12.2. The van der Waals surface area contributed by atoms with Crippen molar-refractivity contribution in [3.05, 3.63) is 68.8 Å². The molecule has 1 N–H and O–H groups in total. The molecule has 0 spiro atoms. The number of carbonyl (C=O) groups excluding carboxylic acids is 2. The van der Waals surface area contributed by atoms with E-state index >= 15 is 0 Å². The lowest BCUT2D eigenvalue weighted by molar-refractivity contribution is -0.132. The van der Waals surface area contributed by atoms with Gasteiger partial charge < -0.3 is 14.2 Å². The minimum atomic E-state index is -0.459. The van der Waals surface area contributed by atoms with E-state index in [1.54, 1.807) is 34.1 Å². The van der Waals surface area contributed by atoms with Gasteiger partial charge in [-0.1, -0.05) is 11.8 Å². The SMILES string of the molecule is CCOc1ccc(-n2c(SCC(=O)NN=Cc3ccc(OC(C)=O)c(OC)c3)nc3sc4c(c3c2=O)CCCC4)cc1. The van der Waals surface area contributed by atoms with Gasteiger partial charge in [0, 0.05) is 11.8 Å². The van der Waals surface area contributed by atoms with Crippen LogP contribution in [0.1, 0.15) is 42.7 Å². The number of hydrogen-bond donors (Lipinski definition) is 1. The quantitative estimate of drug-likeness (QED) is 0.0676. The number of thioether (sulfide) groups is 1. The van der Waals surface area contributed by atoms with Crippen LogP contribution in [-0.2, 0) is 22.4 Å². The third kappa shape index (κ3) is 6.50. The number of rotatable bonds is 10. The van der Waals surface area contributed by atoms with Crippen LogP contribution in [0.2, 0.25) is 0 Å². The van der Waals surface area contributed by atoms with Crippen molar-refractivity contribution in [2.24, 2.45) is 5.10 Å². The highest BCUT2D eigenvalue weighted by molar-refractivity contribution is 7.99. The number of ether oxygens (including phenoxy) is 3. The summed E-state index contributed by atoms with van der Waals surface area (Å²) in [6.07, 6.45) is 5.46. The van der Waals surface area contributed by atoms with Crippen LogP contribution >= 0.6 is 23.1 Å². The third-order valence-electron chi connectivity index (χ3n) is 6.54. The largest absolute Gasteiger partial charge is 0.494 e. The maximum Gasteiger partial charge on any atom is 0.308 e. The highest BCUT2D eigenvalue weighted by Crippen LogP contribution is 2.35. The lowest BCUT2D eigenvalue weighted by atomic mass is 9.97. The van der Waals surface area contributed by atoms with Crippen molar-refractivity contribution in [1.82, 2.24) is 15.0 Å². The van der Waals surface area contributed by atoms with Gasteiger partial charge in [-0.2, -0.15) is 5.10 Å². The predicted molar refractivity (Wildman–Crippen MR) is 164 cm³/mol. The molecule has 1 aliphatic rings. The normalized spacial score (nSPS) is 12.7. The van der Waals surface area contributed by atoms with E-state index < -0.39 is 5.97 Å². The van der Waals surface area contributed by atoms with E-state index in [1.807, 2.05) is 31.2 Å². The lowest BCUT2D eigenvalue weighted by Crippen LogP contribution is -2.24. The Bertz CT molecular complexity index is 1710. The first-order valence-corrected chi connectivity index (χ1v) is 15.3. The van der Waals surface area contributed by atoms with Gasteiger partial charge >= 0.3 is 5.97 Å². The van der Waals surface area contributed by atoms with E-state index in [9.17, 15) is 14.4 Å². The average Bonchev–Trinajstić information content (AvgIpc) is 3.36. The minimum absolute atomic E-state index is 0.00782. The van der Waals surface area contributed by atoms with E-state index in [2.05, 4.69) is 10.5 Å². The Balaban J connectivity index is 1.36. The van der Waals surface area contributed by atoms with Crippen molar-refractivity contribution in [3.8, 4) is 22.9 Å². The fourth-order valence-corrected chi connectivity index (χ4v) is 6.82. The molecular weight excluding hydrogens is 576 g/mol. The number of methoxy groups -OCH3 is 1. The maximum absolute atomic E-state index is 13.9. The van der Waals surface area contributed by atoms with Gasteiger partial charge in [0.1, 0.15) is 10.6 Å². The molecule has 0 saturated carbocycles. The Morgan fingerprint density at radius 3 is 2.67 bits per heavy atom. The van der Waals surface area contributed by atoms with Crippen LogP contribution in [-0.4, -0.2) is 47.1 Å². The zero-order valence-corrected chi connectivity index (χ0v) is 25.1. The van der Waals surface area contributed by atoms with Gasteiger partial charge in [0.25, 0.3) is 11.5 Å². The summed E-state index contributed by atoms with van der Waals surface area (Å²) in [5.41, 5.74) is 4.78. The number of nitrogens with one attached hydrogen (secondary N) is 1. The molecule has 0 saturated heterocycles. The maximum atomic E-state index is 13.9. The first-order valence-electron chi connectivity index (χ1n) is 13.5. The number of amides is 1. The molecule has 0 unspecified atom stereocenters. The Labute approximate surface area is 250 Å². The van der Waals surface area contributed by atoms with Crippen LogP contribution in [0.25, 0.3) is 15.9 Å². The van der Waals surface area contributed by atoms with E-state index in [-0.39, 0.29) is 23.0 Å². The number of esters is 1. The Morgan fingerprint density at radius 2 is 1.93 bits per heavy atom. The molecule has 10 nitrogen and oxygen atoms in total. The molecule has 5 rings (SSSR count). The number of thiophene rings is 1. The minimum Gasteiger partial charge on any atom is -0.494 e. The van der Waals surface area contributed by atoms with Gasteiger partial charge in [0.05, 0.1) is 36.8 Å². The van der Waals surface area contributed by atoms with Crippen molar-refractivity contribution in [1.29, 1.82) is 0 Å². The van der Waals surface area contributed by atoms with Crippen molar-refractivity contribution in [3.63, 3.8) is 0 Å². The fraction of sp³-hybridized carbons (Fsp3) is 0.300. The molecule has 0 aliphatic heterocycles. The van der Waals surface area contributed by atoms with E-state index in [0.29, 0.717) is 44.7 Å². The number of hydrogen-bond acceptors (Lipinski definition) is 10. The third-order valence-corrected chi connectivity index (χ3v) is 8.66. The van der Waals surface area contributed by atoms with Gasteiger partial charge in [0.15, 0.2) is 16.7 Å². The second-order valence-corrected chi connectivity index (χ2v) is 11.5. The number of fused-ring (bicyclic) bond motifs is 3. The van der Waals surface area contributed by atoms with E-state index in [4.69, 9.17) is 19.2 Å². The topological polar surface area (TPSA) is 121 Å². The zero-order chi connectivity index (χ0) is 29.6. The smallest absolute Gasteiger partial charge is 0.308 e. The summed E-state index contributed by atoms with van der Waals surface area (Å²) >= 11 is 2.75. The number of hydrazone groups is 1. The number of aromatic nitrogens is 2. The van der Waals surface area contributed by atoms with Crippen molar-refractivity contribution >= 4 is 51.4 Å². The first kappa shape index (κ1) is 29.3. The number of benzene rings is 2. The molecule has 0 atom stereocenters. The zero-order valence-electron chi connectivity index (χ0n) is 23.5. The van der Waals surface area contributed by atoms with Gasteiger partial charge in [-0.25, -0.2) is 10.4 Å². The second kappa shape index (κ2) is 13.2. The van der Waals surface area contributed by atoms with Gasteiger partial charge in [0.2, 0.25) is 0 Å². The number of carbonyl (C=O) groups is 2. The highest BCUT2D eigenvalue weighted by atomic mass is 32.2. The fourth-order valence-electron chi connectivity index (χ4n) is 4.71. The molecule has 2 aromatic carbocycles. The Morgan fingerprint density at radius 1 is 1.14 bits per heavy atom. The standard InChI is InChI=1S/C30H30N4O6S2/c1-4-39-21-12-10-20(11-13-21)34-29(37)27-22-7-5-6-8-25(22)42-28(27)32-30(34)41-17-26(36)33-31-16-19-9-14-23(40-18(2)35)24(15-19)38-3/h9-16H,4-8,17H2,1-3H3,(H,33,36). The molecule has 0 bridgehead atoms. The highest BCUT2D eigenvalue weighted by Gasteiger charge is 2.23. The molecule has 0 radical (unpaired) electrons. The van der Waals surface area contributed by atoms with Gasteiger partial charge in [-0.15, -0.1) is 11.3 Å². The van der Waals surface area contributed by atoms with Crippen LogP contribution in [0.4, 0.5) is 0 Å². The van der Waals surface area contributed by atoms with Crippen molar-refractivity contribution < 1.29 is 23.8 Å². The second-order valence-electron chi connectivity index (χ2n) is 9.44. The van der Waals surface area contributed by atoms with E-state index in [0.717, 1.165) is 31.2 Å². The molecule has 1 aliphatic carbocycles. The van der Waals surface area contributed by atoms with Gasteiger partial charge in [-0.05, 0) is 86.2 Å². The molecule has 2 aromatic heterocycles. The van der Waals surface area contributed by atoms with Gasteiger partial charge in [-0.3, -0.25) is 19.0 Å². The monoisotopic (exact) mass is 606 g/mol. The number of aryl methyl sites for hydroxylation is 2. The summed E-state index contributed by atoms with van der Waals surface area (Å²) in [5, 5.41) is 5.15. The summed E-state index contributed by atoms with van der Waals surface area (Å²) < 4.78 is 17.5. The van der Waals surface area contributed by atoms with Crippen LogP contribution in [0.15, 0.2) is 57.5 Å². The lowest BCUT2D eigenvalue weighted by Gasteiger charge is -2.14. The molecule has 1 amide bonds. The summed E-state index contributed by atoms with van der Waals surface area (Å²) in [7, 11) is 1.46. The Kier molecular flexibility index (Phi) is 9.23. The molecule has 42 heavy (non-hydrogen) atoms. The molecule has 0 fully saturated rings. The summed E-state index contributed by atoms with van der Waals surface area (Å²) in [5.74, 6) is 0.530. The molecular formula is C30H30N4O6S2. The first-order chi connectivity index (χ1) is 20.4. The van der Waals surface area contributed by atoms with Crippen LogP contribution in [0.5, 0.6) is 17.2 Å². The van der Waals surface area contributed by atoms with Crippen LogP contribution in [0.3, 0.4) is 0 Å². The van der Waals surface area contributed by atoms with Crippen molar-refractivity contribution in [2.45, 2.75) is 44.7 Å². The summed E-state index contributed by atoms with van der Waals surface area (Å²) in [6.45, 7) is 3.76. The number of nitrogens with zero attached hydrogens (tertiary/aromatic N) is 3. The van der Waals surface area contributed by atoms with Crippen molar-refractivity contribution in [2.75, 3.05) is 19.5 Å². The summed E-state index contributed by atoms with van der Waals surface area (Å²) in [4.78, 5) is 44.7. The molecule has 4 aromatic rings. The average molecular weight is 607 g/mol. The van der Waals surface area contributed by atoms with Crippen LogP contribution in [0, 0.1) is 0 Å². The van der Waals surface area contributed by atoms with E-state index in [1.165, 1.54) is 36.9 Å². The molecule has 218 valence electrons. The Hall–Kier alpha value is -4.16. The van der Waals surface area contributed by atoms with Crippen LogP contribution < -0.4 is 25.2 Å². The molecule has 12 heteroatoms.